The van der Waals surface area contributed by atoms with Gasteiger partial charge in [-0.3, -0.25) is 14.6 Å². The number of hydrogen-bond donors (Lipinski definition) is 0. The van der Waals surface area contributed by atoms with E-state index in [2.05, 4.69) is 63.2 Å². The Hall–Kier alpha value is -2.41. The fourth-order valence-electron chi connectivity index (χ4n) is 4.70. The van der Waals surface area contributed by atoms with Gasteiger partial charge in [-0.1, -0.05) is 48.5 Å². The van der Waals surface area contributed by atoms with E-state index in [4.69, 9.17) is 9.47 Å². The van der Waals surface area contributed by atoms with Crippen molar-refractivity contribution in [2.24, 2.45) is 0 Å². The van der Waals surface area contributed by atoms with Crippen molar-refractivity contribution >= 4 is 11.7 Å². The van der Waals surface area contributed by atoms with Gasteiger partial charge in [-0.25, -0.2) is 0 Å². The van der Waals surface area contributed by atoms with E-state index in [1.54, 1.807) is 0 Å². The minimum Gasteiger partial charge on any atom is -0.465 e. The van der Waals surface area contributed by atoms with E-state index in [1.807, 2.05) is 19.1 Å². The van der Waals surface area contributed by atoms with Gasteiger partial charge in [0.2, 0.25) is 0 Å². The van der Waals surface area contributed by atoms with Crippen LogP contribution in [0.3, 0.4) is 0 Å². The molecular weight excluding hydrogens is 390 g/mol. The lowest BCUT2D eigenvalue weighted by Gasteiger charge is -2.45. The fourth-order valence-corrected chi connectivity index (χ4v) is 4.70. The smallest absolute Gasteiger partial charge is 0.325 e. The van der Waals surface area contributed by atoms with Gasteiger partial charge in [-0.15, -0.1) is 0 Å². The molecule has 166 valence electrons. The van der Waals surface area contributed by atoms with E-state index in [0.29, 0.717) is 19.8 Å². The third kappa shape index (κ3) is 5.26. The Labute approximate surface area is 185 Å². The molecule has 4 rings (SSSR count). The lowest BCUT2D eigenvalue weighted by atomic mass is 9.95. The first-order valence-corrected chi connectivity index (χ1v) is 11.4. The van der Waals surface area contributed by atoms with Crippen LogP contribution >= 0.6 is 0 Å². The summed E-state index contributed by atoms with van der Waals surface area (Å²) in [7, 11) is 0. The summed E-state index contributed by atoms with van der Waals surface area (Å²) in [5.41, 5.74) is 2.40. The summed E-state index contributed by atoms with van der Waals surface area (Å²) < 4.78 is 11.2. The number of carbonyl (C=O) groups is 1. The van der Waals surface area contributed by atoms with Crippen LogP contribution < -0.4 is 4.90 Å². The minimum atomic E-state index is -0.335. The summed E-state index contributed by atoms with van der Waals surface area (Å²) in [5.74, 6) is -0.129. The second-order valence-corrected chi connectivity index (χ2v) is 8.06. The molecule has 31 heavy (non-hydrogen) atoms. The van der Waals surface area contributed by atoms with Crippen molar-refractivity contribution in [3.8, 4) is 0 Å². The Kier molecular flexibility index (Phi) is 7.57. The van der Waals surface area contributed by atoms with Gasteiger partial charge >= 0.3 is 5.97 Å². The number of piperazine rings is 1. The average molecular weight is 424 g/mol. The molecule has 6 heteroatoms. The van der Waals surface area contributed by atoms with Crippen LogP contribution in [-0.2, 0) is 14.3 Å². The number of carbonyl (C=O) groups excluding carboxylic acids is 1. The van der Waals surface area contributed by atoms with E-state index < -0.39 is 0 Å². The highest BCUT2D eigenvalue weighted by Crippen LogP contribution is 2.31. The van der Waals surface area contributed by atoms with Gasteiger partial charge in [-0.05, 0) is 24.6 Å². The zero-order valence-electron chi connectivity index (χ0n) is 18.4. The Bertz CT molecular complexity index is 803. The predicted octanol–water partition coefficient (Wildman–Crippen LogP) is 2.81. The molecule has 6 nitrogen and oxygen atoms in total. The van der Waals surface area contributed by atoms with Crippen molar-refractivity contribution < 1.29 is 14.3 Å². The fraction of sp³-hybridized carbons (Fsp3) is 0.480. The molecule has 2 aromatic rings. The number of para-hydroxylation sites is 1. The lowest BCUT2D eigenvalue weighted by Crippen LogP contribution is -2.58. The van der Waals surface area contributed by atoms with E-state index >= 15 is 0 Å². The maximum absolute atomic E-state index is 13.3. The summed E-state index contributed by atoms with van der Waals surface area (Å²) in [5, 5.41) is 0. The minimum absolute atomic E-state index is 0.0487. The van der Waals surface area contributed by atoms with Gasteiger partial charge in [-0.2, -0.15) is 0 Å². The zero-order valence-corrected chi connectivity index (χ0v) is 18.4. The molecule has 2 heterocycles. The summed E-state index contributed by atoms with van der Waals surface area (Å²) in [6.07, 6.45) is 0. The average Bonchev–Trinajstić information content (AvgIpc) is 2.84. The molecule has 0 bridgehead atoms. The third-order valence-electron chi connectivity index (χ3n) is 6.24. The number of nitrogens with zero attached hydrogens (tertiary/aromatic N) is 3. The summed E-state index contributed by atoms with van der Waals surface area (Å²) in [4.78, 5) is 20.4. The number of rotatable bonds is 7. The molecule has 0 aromatic heterocycles. The van der Waals surface area contributed by atoms with Crippen LogP contribution in [0, 0.1) is 0 Å². The maximum atomic E-state index is 13.3. The summed E-state index contributed by atoms with van der Waals surface area (Å²) in [6, 6.07) is 20.5. The highest BCUT2D eigenvalue weighted by atomic mass is 16.5. The standard InChI is InChI=1S/C25H33N3O3/c1-2-31-25(29)24(27-15-13-26(14-16-27)22-11-7-4-8-12-22)23(21-9-5-3-6-10-21)28-17-19-30-20-18-28/h3-12,23-24H,2,13-20H2,1H3/t23-,24+/m1/s1. The molecule has 2 aromatic carbocycles. The van der Waals surface area contributed by atoms with Crippen molar-refractivity contribution in [3.05, 3.63) is 66.2 Å². The molecule has 2 fully saturated rings. The molecule has 2 saturated heterocycles. The normalized spacial score (nSPS) is 20.2. The molecular formula is C25H33N3O3. The first-order chi connectivity index (χ1) is 15.3. The highest BCUT2D eigenvalue weighted by Gasteiger charge is 2.40. The molecule has 2 aliphatic heterocycles. The number of anilines is 1. The van der Waals surface area contributed by atoms with Crippen molar-refractivity contribution in [1.82, 2.24) is 9.80 Å². The van der Waals surface area contributed by atoms with Crippen LogP contribution in [0.1, 0.15) is 18.5 Å². The first-order valence-electron chi connectivity index (χ1n) is 11.4. The van der Waals surface area contributed by atoms with E-state index in [-0.39, 0.29) is 18.1 Å². The molecule has 0 radical (unpaired) electrons. The molecule has 2 atom stereocenters. The van der Waals surface area contributed by atoms with Crippen molar-refractivity contribution in [2.45, 2.75) is 19.0 Å². The van der Waals surface area contributed by atoms with Gasteiger partial charge in [0, 0.05) is 45.0 Å². The van der Waals surface area contributed by atoms with Crippen molar-refractivity contribution in [3.63, 3.8) is 0 Å². The molecule has 0 N–H and O–H groups in total. The summed E-state index contributed by atoms with van der Waals surface area (Å²) >= 11 is 0. The van der Waals surface area contributed by atoms with Crippen LogP contribution in [0.15, 0.2) is 60.7 Å². The quantitative estimate of drug-likeness (QED) is 0.638. The largest absolute Gasteiger partial charge is 0.465 e. The van der Waals surface area contributed by atoms with Crippen LogP contribution in [0.5, 0.6) is 0 Å². The molecule has 0 spiro atoms. The van der Waals surface area contributed by atoms with Crippen molar-refractivity contribution in [1.29, 1.82) is 0 Å². The van der Waals surface area contributed by atoms with E-state index in [9.17, 15) is 4.79 Å². The first kappa shape index (κ1) is 21.8. The molecule has 2 aliphatic rings. The van der Waals surface area contributed by atoms with E-state index in [1.165, 1.54) is 5.69 Å². The highest BCUT2D eigenvalue weighted by molar-refractivity contribution is 5.77. The lowest BCUT2D eigenvalue weighted by molar-refractivity contribution is -0.154. The molecule has 0 aliphatic carbocycles. The topological polar surface area (TPSA) is 45.2 Å². The van der Waals surface area contributed by atoms with Crippen LogP contribution in [0.2, 0.25) is 0 Å². The Balaban J connectivity index is 1.59. The summed E-state index contributed by atoms with van der Waals surface area (Å²) in [6.45, 7) is 8.74. The SMILES string of the molecule is CCOC(=O)[C@H]([C@@H](c1ccccc1)N1CCOCC1)N1CCN(c2ccccc2)CC1. The molecule has 0 saturated carbocycles. The Morgan fingerprint density at radius 1 is 0.871 bits per heavy atom. The monoisotopic (exact) mass is 423 g/mol. The van der Waals surface area contributed by atoms with Crippen LogP contribution in [0.25, 0.3) is 0 Å². The van der Waals surface area contributed by atoms with Gasteiger partial charge in [0.05, 0.1) is 25.9 Å². The zero-order chi connectivity index (χ0) is 21.5. The number of ether oxygens (including phenoxy) is 2. The Morgan fingerprint density at radius 3 is 2.10 bits per heavy atom. The third-order valence-corrected chi connectivity index (χ3v) is 6.24. The second-order valence-electron chi connectivity index (χ2n) is 8.06. The maximum Gasteiger partial charge on any atom is 0.325 e. The molecule has 0 amide bonds. The van der Waals surface area contributed by atoms with Gasteiger partial charge < -0.3 is 14.4 Å². The Morgan fingerprint density at radius 2 is 1.48 bits per heavy atom. The number of benzene rings is 2. The van der Waals surface area contributed by atoms with Gasteiger partial charge in [0.25, 0.3) is 0 Å². The van der Waals surface area contributed by atoms with E-state index in [0.717, 1.165) is 44.8 Å². The second kappa shape index (κ2) is 10.8. The van der Waals surface area contributed by atoms with Gasteiger partial charge in [0.1, 0.15) is 6.04 Å². The van der Waals surface area contributed by atoms with Crippen molar-refractivity contribution in [2.75, 3.05) is 64.0 Å². The predicted molar refractivity (Wildman–Crippen MR) is 122 cm³/mol. The number of esters is 1. The molecule has 0 unspecified atom stereocenters. The van der Waals surface area contributed by atoms with Crippen LogP contribution in [0.4, 0.5) is 5.69 Å². The number of morpholine rings is 1. The van der Waals surface area contributed by atoms with Crippen LogP contribution in [-0.4, -0.2) is 80.9 Å². The number of hydrogen-bond acceptors (Lipinski definition) is 6. The van der Waals surface area contributed by atoms with Gasteiger partial charge in [0.15, 0.2) is 0 Å².